The average molecular weight is 594 g/mol. The molecule has 36 heavy (non-hydrogen) atoms. The molecule has 1 fully saturated rings. The Balaban J connectivity index is 1.80. The number of aromatic nitrogens is 4. The molecule has 0 radical (unpaired) electrons. The SMILES string of the molecule is CS(=O)(=O)c1c(-c2nnc(C3(C(F)(F)F)CC3)s2)nn(-c2ccc(Cl)cc2Cl)c1-c1ccc(Cl)cc1. The van der Waals surface area contributed by atoms with Gasteiger partial charge in [0.2, 0.25) is 0 Å². The van der Waals surface area contributed by atoms with Crippen LogP contribution in [0.5, 0.6) is 0 Å². The smallest absolute Gasteiger partial charge is 0.229 e. The van der Waals surface area contributed by atoms with Gasteiger partial charge in [-0.1, -0.05) is 58.3 Å². The van der Waals surface area contributed by atoms with Crippen molar-refractivity contribution in [1.29, 1.82) is 0 Å². The highest BCUT2D eigenvalue weighted by Crippen LogP contribution is 2.60. The van der Waals surface area contributed by atoms with Gasteiger partial charge in [0.15, 0.2) is 14.8 Å². The van der Waals surface area contributed by atoms with Gasteiger partial charge in [0, 0.05) is 21.9 Å². The van der Waals surface area contributed by atoms with Crippen LogP contribution < -0.4 is 0 Å². The molecule has 2 heterocycles. The van der Waals surface area contributed by atoms with Crippen LogP contribution in [0.25, 0.3) is 27.6 Å². The number of rotatable bonds is 5. The minimum atomic E-state index is -4.49. The normalized spacial score (nSPS) is 15.3. The van der Waals surface area contributed by atoms with Gasteiger partial charge in [-0.15, -0.1) is 10.2 Å². The van der Waals surface area contributed by atoms with Crippen LogP contribution in [0.1, 0.15) is 17.8 Å². The zero-order valence-electron chi connectivity index (χ0n) is 18.1. The summed E-state index contributed by atoms with van der Waals surface area (Å²) in [6.07, 6.45) is -3.71. The Hall–Kier alpha value is -2.18. The molecule has 1 saturated carbocycles. The lowest BCUT2D eigenvalue weighted by Gasteiger charge is -2.15. The van der Waals surface area contributed by atoms with E-state index < -0.39 is 21.4 Å². The van der Waals surface area contributed by atoms with Gasteiger partial charge < -0.3 is 0 Å². The van der Waals surface area contributed by atoms with Gasteiger partial charge in [-0.3, -0.25) is 0 Å². The van der Waals surface area contributed by atoms with Crippen LogP contribution in [-0.2, 0) is 15.3 Å². The molecular formula is C22H14Cl3F3N4O2S2. The van der Waals surface area contributed by atoms with Crippen molar-refractivity contribution >= 4 is 56.0 Å². The van der Waals surface area contributed by atoms with Gasteiger partial charge >= 0.3 is 6.18 Å². The van der Waals surface area contributed by atoms with Crippen LogP contribution in [0.2, 0.25) is 15.1 Å². The summed E-state index contributed by atoms with van der Waals surface area (Å²) < 4.78 is 68.5. The molecule has 0 atom stereocenters. The average Bonchev–Trinajstić information content (AvgIpc) is 3.29. The molecule has 1 aliphatic carbocycles. The zero-order chi connectivity index (χ0) is 26.0. The summed E-state index contributed by atoms with van der Waals surface area (Å²) in [7, 11) is -3.99. The topological polar surface area (TPSA) is 77.7 Å². The van der Waals surface area contributed by atoms with E-state index in [9.17, 15) is 21.6 Å². The molecular weight excluding hydrogens is 580 g/mol. The lowest BCUT2D eigenvalue weighted by molar-refractivity contribution is -0.160. The molecule has 0 bridgehead atoms. The van der Waals surface area contributed by atoms with Crippen molar-refractivity contribution in [3.05, 3.63) is 62.5 Å². The highest BCUT2D eigenvalue weighted by molar-refractivity contribution is 7.91. The number of halogens is 6. The monoisotopic (exact) mass is 592 g/mol. The van der Waals surface area contributed by atoms with E-state index in [1.54, 1.807) is 36.4 Å². The summed E-state index contributed by atoms with van der Waals surface area (Å²) in [4.78, 5) is -0.226. The van der Waals surface area contributed by atoms with Crippen LogP contribution in [-0.4, -0.2) is 40.8 Å². The minimum Gasteiger partial charge on any atom is -0.229 e. The van der Waals surface area contributed by atoms with Gasteiger partial charge in [-0.25, -0.2) is 13.1 Å². The third kappa shape index (κ3) is 4.30. The fourth-order valence-electron chi connectivity index (χ4n) is 3.84. The molecule has 2 aromatic heterocycles. The van der Waals surface area contributed by atoms with E-state index >= 15 is 0 Å². The van der Waals surface area contributed by atoms with Crippen molar-refractivity contribution in [1.82, 2.24) is 20.0 Å². The second kappa shape index (κ2) is 8.70. The Morgan fingerprint density at radius 1 is 1.00 bits per heavy atom. The predicted molar refractivity (Wildman–Crippen MR) is 133 cm³/mol. The number of alkyl halides is 3. The molecule has 2 aromatic carbocycles. The standard InChI is InChI=1S/C22H14Cl3F3N4O2S2/c1-36(33,34)18-16(19-29-30-20(35-19)21(8-9-21)22(26,27)28)31-32(15-7-6-13(24)10-14(15)25)17(18)11-2-4-12(23)5-3-11/h2-7,10H,8-9H2,1H3. The van der Waals surface area contributed by atoms with E-state index in [-0.39, 0.29) is 44.2 Å². The second-order valence-corrected chi connectivity index (χ2v) is 12.5. The number of benzene rings is 2. The first-order chi connectivity index (χ1) is 16.8. The summed E-state index contributed by atoms with van der Waals surface area (Å²) in [5.41, 5.74) is -1.31. The molecule has 6 nitrogen and oxygen atoms in total. The van der Waals surface area contributed by atoms with Gasteiger partial charge in [0.1, 0.15) is 21.0 Å². The lowest BCUT2D eigenvalue weighted by atomic mass is 10.1. The van der Waals surface area contributed by atoms with E-state index in [1.807, 2.05) is 0 Å². The molecule has 1 aliphatic rings. The van der Waals surface area contributed by atoms with Crippen molar-refractivity contribution in [2.45, 2.75) is 29.3 Å². The van der Waals surface area contributed by atoms with Gasteiger partial charge in [-0.2, -0.15) is 18.3 Å². The highest BCUT2D eigenvalue weighted by Gasteiger charge is 2.66. The molecule has 4 aromatic rings. The second-order valence-electron chi connectivity index (χ2n) is 8.31. The number of nitrogens with zero attached hydrogens (tertiary/aromatic N) is 4. The molecule has 0 saturated heterocycles. The van der Waals surface area contributed by atoms with E-state index in [4.69, 9.17) is 34.8 Å². The Labute approximate surface area is 222 Å². The Morgan fingerprint density at radius 3 is 2.19 bits per heavy atom. The minimum absolute atomic E-state index is 0.0556. The van der Waals surface area contributed by atoms with E-state index in [2.05, 4.69) is 15.3 Å². The van der Waals surface area contributed by atoms with Gasteiger partial charge in [0.05, 0.1) is 16.4 Å². The van der Waals surface area contributed by atoms with Crippen molar-refractivity contribution in [2.24, 2.45) is 0 Å². The van der Waals surface area contributed by atoms with Crippen LogP contribution in [0.15, 0.2) is 47.4 Å². The molecule has 0 N–H and O–H groups in total. The largest absolute Gasteiger partial charge is 0.400 e. The molecule has 0 spiro atoms. The molecule has 14 heteroatoms. The third-order valence-corrected chi connectivity index (χ3v) is 8.85. The number of hydrogen-bond donors (Lipinski definition) is 0. The molecule has 0 amide bonds. The maximum atomic E-state index is 13.7. The van der Waals surface area contributed by atoms with E-state index in [1.165, 1.54) is 10.7 Å². The molecule has 5 rings (SSSR count). The highest BCUT2D eigenvalue weighted by atomic mass is 35.5. The van der Waals surface area contributed by atoms with Crippen LogP contribution in [0.3, 0.4) is 0 Å². The van der Waals surface area contributed by atoms with Crippen LogP contribution >= 0.6 is 46.1 Å². The quantitative estimate of drug-likeness (QED) is 0.249. The fourth-order valence-corrected chi connectivity index (χ4v) is 6.66. The predicted octanol–water partition coefficient (Wildman–Crippen LogP) is 7.02. The number of sulfone groups is 1. The molecule has 0 unspecified atom stereocenters. The van der Waals surface area contributed by atoms with Crippen molar-refractivity contribution in [3.8, 4) is 27.6 Å². The molecule has 188 valence electrons. The van der Waals surface area contributed by atoms with Crippen molar-refractivity contribution in [2.75, 3.05) is 6.26 Å². The Bertz CT molecular complexity index is 1600. The summed E-state index contributed by atoms with van der Waals surface area (Å²) in [6, 6.07) is 10.9. The first kappa shape index (κ1) is 25.5. The first-order valence-electron chi connectivity index (χ1n) is 10.3. The van der Waals surface area contributed by atoms with E-state index in [0.717, 1.165) is 6.26 Å². The van der Waals surface area contributed by atoms with Gasteiger partial charge in [-0.05, 0) is 43.2 Å². The molecule has 0 aliphatic heterocycles. The zero-order valence-corrected chi connectivity index (χ0v) is 22.0. The van der Waals surface area contributed by atoms with E-state index in [0.29, 0.717) is 32.6 Å². The fraction of sp³-hybridized carbons (Fsp3) is 0.227. The maximum Gasteiger partial charge on any atom is 0.400 e. The maximum absolute atomic E-state index is 13.7. The Kier molecular flexibility index (Phi) is 6.15. The van der Waals surface area contributed by atoms with Crippen LogP contribution in [0, 0.1) is 0 Å². The lowest BCUT2D eigenvalue weighted by Crippen LogP contribution is -2.28. The summed E-state index contributed by atoms with van der Waals surface area (Å²) >= 11 is 19.2. The van der Waals surface area contributed by atoms with Crippen molar-refractivity contribution in [3.63, 3.8) is 0 Å². The summed E-state index contributed by atoms with van der Waals surface area (Å²) in [5, 5.41) is 12.9. The first-order valence-corrected chi connectivity index (χ1v) is 14.1. The summed E-state index contributed by atoms with van der Waals surface area (Å²) in [5.74, 6) is 0. The third-order valence-electron chi connectivity index (χ3n) is 5.80. The Morgan fingerprint density at radius 2 is 1.64 bits per heavy atom. The summed E-state index contributed by atoms with van der Waals surface area (Å²) in [6.45, 7) is 0. The van der Waals surface area contributed by atoms with Crippen LogP contribution in [0.4, 0.5) is 13.2 Å². The van der Waals surface area contributed by atoms with Gasteiger partial charge in [0.25, 0.3) is 0 Å². The van der Waals surface area contributed by atoms with Crippen molar-refractivity contribution < 1.29 is 21.6 Å². The number of hydrogen-bond acceptors (Lipinski definition) is 6.